The van der Waals surface area contributed by atoms with E-state index in [1.54, 1.807) is 31.0 Å². The van der Waals surface area contributed by atoms with Crippen molar-refractivity contribution in [1.29, 1.82) is 0 Å². The second kappa shape index (κ2) is 27.8. The lowest BCUT2D eigenvalue weighted by Crippen LogP contribution is -2.22. The van der Waals surface area contributed by atoms with Crippen molar-refractivity contribution in [1.82, 2.24) is 79.0 Å². The van der Waals surface area contributed by atoms with Crippen molar-refractivity contribution in [3.8, 4) is 22.5 Å². The molecular weight excluding hydrogens is 1110 g/mol. The van der Waals surface area contributed by atoms with Gasteiger partial charge in [0, 0.05) is 91.0 Å². The highest BCUT2D eigenvalue weighted by molar-refractivity contribution is 6.76. The monoisotopic (exact) mass is 1180 g/mol. The highest BCUT2D eigenvalue weighted by Gasteiger charge is 2.31. The molecule has 6 N–H and O–H groups in total. The number of fused-ring (bicyclic) bond motifs is 4. The van der Waals surface area contributed by atoms with Crippen LogP contribution in [0.25, 0.3) is 77.8 Å². The SMILES string of the molecule is C[Si](C)(C)CCOCn1ccc2c(/C(C=O)=C/O)ncnc21.O=C(Cl)C[C@H](C1CCCC1)n1cc(-c2ncnc3[nH]ccc23)cn1.O=C(O)C[C@H](C1CCCC1)n1cc(-c2ncnc3[nH]ccc23)cn1.O=C/C(=C\O)c1ncnc2[nH]ccc12. The zero-order chi connectivity index (χ0) is 59.2. The third kappa shape index (κ3) is 14.4. The molecule has 2 atom stereocenters. The number of carboxylic acids is 1. The van der Waals surface area contributed by atoms with Gasteiger partial charge in [-0.2, -0.15) is 10.2 Å². The summed E-state index contributed by atoms with van der Waals surface area (Å²) in [6.07, 6.45) is 32.7. The van der Waals surface area contributed by atoms with E-state index in [2.05, 4.69) is 84.7 Å². The number of aliphatic hydroxyl groups is 2. The second-order valence-corrected chi connectivity index (χ2v) is 27.7. The third-order valence-corrected chi connectivity index (χ3v) is 16.9. The van der Waals surface area contributed by atoms with Gasteiger partial charge in [-0.1, -0.05) is 45.3 Å². The van der Waals surface area contributed by atoms with E-state index in [-0.39, 0.29) is 34.9 Å². The van der Waals surface area contributed by atoms with E-state index in [0.717, 1.165) is 95.4 Å². The van der Waals surface area contributed by atoms with Crippen molar-refractivity contribution in [2.45, 2.75) is 109 Å². The van der Waals surface area contributed by atoms with Gasteiger partial charge in [0.15, 0.2) is 12.6 Å². The summed E-state index contributed by atoms with van der Waals surface area (Å²) in [5.74, 6) is 0.0589. The molecule has 2 fully saturated rings. The number of hydrogen-bond acceptors (Lipinski definition) is 17. The van der Waals surface area contributed by atoms with Crippen LogP contribution < -0.4 is 0 Å². The van der Waals surface area contributed by atoms with Gasteiger partial charge in [0.05, 0.1) is 77.3 Å². The average molecular weight is 1180 g/mol. The number of carbonyl (C=O) groups is 4. The quantitative estimate of drug-likeness (QED) is 0.0109. The lowest BCUT2D eigenvalue weighted by Gasteiger charge is -2.22. The number of aromatic amines is 3. The minimum absolute atomic E-state index is 0.0230. The highest BCUT2D eigenvalue weighted by atomic mass is 35.5. The molecule has 0 spiro atoms. The van der Waals surface area contributed by atoms with Crippen molar-refractivity contribution in [2.24, 2.45) is 11.8 Å². The van der Waals surface area contributed by atoms with Gasteiger partial charge in [0.2, 0.25) is 5.24 Å². The lowest BCUT2D eigenvalue weighted by molar-refractivity contribution is -0.138. The molecule has 2 saturated carbocycles. The number of halogens is 1. The minimum atomic E-state index is -1.10. The van der Waals surface area contributed by atoms with E-state index >= 15 is 0 Å². The molecule has 2 aliphatic rings. The van der Waals surface area contributed by atoms with Crippen LogP contribution in [-0.4, -0.2) is 133 Å². The van der Waals surface area contributed by atoms with Gasteiger partial charge in [-0.05, 0) is 79.4 Å². The number of allylic oxidation sites excluding steroid dienone is 2. The van der Waals surface area contributed by atoms with Gasteiger partial charge in [-0.3, -0.25) is 28.5 Å². The molecule has 2 aliphatic carbocycles. The van der Waals surface area contributed by atoms with Gasteiger partial charge in [-0.25, -0.2) is 39.9 Å². The predicted octanol–water partition coefficient (Wildman–Crippen LogP) is 10.6. The largest absolute Gasteiger partial charge is 0.515 e. The van der Waals surface area contributed by atoms with Gasteiger partial charge in [-0.15, -0.1) is 0 Å². The summed E-state index contributed by atoms with van der Waals surface area (Å²) in [5, 5.41) is 39.2. The molecule has 0 saturated heterocycles. The molecule has 0 aliphatic heterocycles. The van der Waals surface area contributed by atoms with Crippen molar-refractivity contribution in [3.63, 3.8) is 0 Å². The average Bonchev–Trinajstić information content (AvgIpc) is 4.33. The summed E-state index contributed by atoms with van der Waals surface area (Å²) in [4.78, 5) is 86.8. The molecule has 436 valence electrons. The Morgan fingerprint density at radius 2 is 1.12 bits per heavy atom. The van der Waals surface area contributed by atoms with Crippen LogP contribution in [0.3, 0.4) is 0 Å². The van der Waals surface area contributed by atoms with Crippen LogP contribution in [0.2, 0.25) is 25.7 Å². The third-order valence-electron chi connectivity index (χ3n) is 15.0. The number of carbonyl (C=O) groups excluding carboxylic acids is 3. The zero-order valence-electron chi connectivity index (χ0n) is 46.6. The fraction of sp³-hybridized carbons (Fsp3) is 0.345. The Balaban J connectivity index is 0.000000137. The molecule has 10 aromatic rings. The van der Waals surface area contributed by atoms with E-state index < -0.39 is 14.0 Å². The first kappa shape index (κ1) is 59.5. The van der Waals surface area contributed by atoms with Gasteiger partial charge < -0.3 is 39.6 Å². The van der Waals surface area contributed by atoms with Gasteiger partial charge >= 0.3 is 5.97 Å². The fourth-order valence-corrected chi connectivity index (χ4v) is 11.7. The van der Waals surface area contributed by atoms with Crippen LogP contribution >= 0.6 is 11.6 Å². The smallest absolute Gasteiger partial charge is 0.305 e. The Morgan fingerprint density at radius 3 is 1.60 bits per heavy atom. The molecule has 0 aromatic carbocycles. The first-order chi connectivity index (χ1) is 40.8. The first-order valence-corrected chi connectivity index (χ1v) is 31.7. The Kier molecular flexibility index (Phi) is 19.7. The Bertz CT molecular complexity index is 3770. The summed E-state index contributed by atoms with van der Waals surface area (Å²) in [6.45, 7) is 8.06. The molecule has 84 heavy (non-hydrogen) atoms. The van der Waals surface area contributed by atoms with Crippen LogP contribution in [0.5, 0.6) is 0 Å². The number of aliphatic hydroxyl groups excluding tert-OH is 2. The van der Waals surface area contributed by atoms with E-state index in [1.807, 2.05) is 63.1 Å². The predicted molar refractivity (Wildman–Crippen MR) is 319 cm³/mol. The molecule has 10 heterocycles. The zero-order valence-corrected chi connectivity index (χ0v) is 48.4. The number of H-pyrrole nitrogens is 3. The summed E-state index contributed by atoms with van der Waals surface area (Å²) in [5.41, 5.74) is 7.47. The first-order valence-electron chi connectivity index (χ1n) is 27.6. The molecule has 0 unspecified atom stereocenters. The minimum Gasteiger partial charge on any atom is -0.515 e. The summed E-state index contributed by atoms with van der Waals surface area (Å²) >= 11 is 5.68. The van der Waals surface area contributed by atoms with Crippen LogP contribution in [0.4, 0.5) is 0 Å². The van der Waals surface area contributed by atoms with Gasteiger partial charge in [0.1, 0.15) is 54.6 Å². The summed E-state index contributed by atoms with van der Waals surface area (Å²) < 4.78 is 11.3. The maximum absolute atomic E-state index is 11.5. The number of nitrogens with one attached hydrogen (secondary N) is 3. The molecule has 0 radical (unpaired) electrons. The van der Waals surface area contributed by atoms with E-state index in [9.17, 15) is 24.3 Å². The number of aromatic nitrogens is 16. The summed E-state index contributed by atoms with van der Waals surface area (Å²) in [7, 11) is -1.10. The van der Waals surface area contributed by atoms with E-state index in [4.69, 9.17) is 26.6 Å². The molecule has 10 aromatic heterocycles. The van der Waals surface area contributed by atoms with Crippen molar-refractivity contribution in [3.05, 3.63) is 123 Å². The van der Waals surface area contributed by atoms with Crippen LogP contribution in [0.15, 0.2) is 112 Å². The molecule has 12 rings (SSSR count). The number of hydrogen-bond donors (Lipinski definition) is 6. The maximum Gasteiger partial charge on any atom is 0.305 e. The van der Waals surface area contributed by atoms with Crippen molar-refractivity contribution < 1.29 is 39.2 Å². The summed E-state index contributed by atoms with van der Waals surface area (Å²) in [6, 6.07) is 8.50. The number of ether oxygens (including phenoxy) is 1. The number of rotatable bonds is 19. The molecule has 0 bridgehead atoms. The Hall–Kier alpha value is -9.07. The van der Waals surface area contributed by atoms with E-state index in [0.29, 0.717) is 71.0 Å². The van der Waals surface area contributed by atoms with Crippen molar-refractivity contribution in [2.75, 3.05) is 6.61 Å². The number of nitrogens with zero attached hydrogens (tertiary/aromatic N) is 13. The van der Waals surface area contributed by atoms with Gasteiger partial charge in [0.25, 0.3) is 0 Å². The topological polar surface area (TPSA) is 329 Å². The number of aliphatic carboxylic acids is 1. The molecule has 0 amide bonds. The fourth-order valence-electron chi connectivity index (χ4n) is 10.7. The molecule has 24 nitrogen and oxygen atoms in total. The molecular formula is C58H65ClN16O8Si. The Morgan fingerprint density at radius 1 is 0.655 bits per heavy atom. The second-order valence-electron chi connectivity index (χ2n) is 21.7. The normalized spacial score (nSPS) is 14.9. The molecule has 26 heteroatoms. The van der Waals surface area contributed by atoms with E-state index in [1.165, 1.54) is 44.7 Å². The number of carboxylic acid groups (broad SMARTS) is 1. The highest BCUT2D eigenvalue weighted by Crippen LogP contribution is 2.39. The van der Waals surface area contributed by atoms with Crippen LogP contribution in [0.1, 0.15) is 87.7 Å². The van der Waals surface area contributed by atoms with Crippen molar-refractivity contribution >= 4 is 98.7 Å². The maximum atomic E-state index is 11.5. The van der Waals surface area contributed by atoms with Crippen LogP contribution in [0, 0.1) is 11.8 Å². The number of aldehydes is 2. The lowest BCUT2D eigenvalue weighted by atomic mass is 9.95. The standard InChI is InChI=1S/C17H18ClN5O.C17H19N5O2.C15H21N3O3Si.C9H7N3O2/c18-15(24)7-14(11-3-1-2-4-11)23-9-12(8-22-23)16-13-5-6-19-17(13)21-10-20-16;23-15(24)7-14(11-3-1-2-4-11)22-9-12(8-21-22)16-13-5-6-18-17(13)20-10-19-16;1-22(2,3)7-6-21-11-18-5-4-13-14(12(8-19)9-20)16-10-17-15(13)18;13-3-6(4-14)8-7-1-2-10-9(7)12-5-11-8/h5-6,8-11,14H,1-4,7H2,(H,19,20,21);5-6,8-11,14H,1-4,7H2,(H,23,24)(H,18,19,20);4-5,8-10,19H,6-7,11H2,1-3H3;1-5,13H,(H,10,11,12)/b;;12-8+;6-3+/t2*14-;;/m11../s1. The van der Waals surface area contributed by atoms with Crippen LogP contribution in [-0.2, 0) is 30.6 Å². The Labute approximate surface area is 487 Å².